The summed E-state index contributed by atoms with van der Waals surface area (Å²) in [6.07, 6.45) is 5.64. The van der Waals surface area contributed by atoms with E-state index in [1.807, 2.05) is 24.3 Å². The molecule has 1 fully saturated rings. The second-order valence-electron chi connectivity index (χ2n) is 9.67. The second-order valence-corrected chi connectivity index (χ2v) is 11.6. The molecule has 0 heterocycles. The SMILES string of the molecule is COc1ccc(CN(C(=O)CCCN(c2ccc(OC)cc2)S(C)(=O)=O)C(C)C(=O)NC2CCCC2)cc1. The largest absolute Gasteiger partial charge is 0.497 e. The van der Waals surface area contributed by atoms with Crippen LogP contribution in [0, 0.1) is 0 Å². The lowest BCUT2D eigenvalue weighted by Crippen LogP contribution is -2.49. The molecule has 0 aromatic heterocycles. The molecule has 0 spiro atoms. The third kappa shape index (κ3) is 8.11. The molecule has 9 nitrogen and oxygen atoms in total. The fraction of sp³-hybridized carbons (Fsp3) is 0.500. The summed E-state index contributed by atoms with van der Waals surface area (Å²) in [5.74, 6) is 0.947. The maximum absolute atomic E-state index is 13.4. The molecule has 2 aromatic rings. The third-order valence-corrected chi connectivity index (χ3v) is 8.09. The van der Waals surface area contributed by atoms with E-state index in [1.54, 1.807) is 50.3 Å². The molecule has 3 rings (SSSR count). The van der Waals surface area contributed by atoms with Crippen LogP contribution in [0.3, 0.4) is 0 Å². The fourth-order valence-electron chi connectivity index (χ4n) is 4.65. The zero-order valence-corrected chi connectivity index (χ0v) is 23.5. The summed E-state index contributed by atoms with van der Waals surface area (Å²) in [4.78, 5) is 28.1. The molecule has 10 heteroatoms. The van der Waals surface area contributed by atoms with E-state index >= 15 is 0 Å². The summed E-state index contributed by atoms with van der Waals surface area (Å²) in [5.41, 5.74) is 1.37. The van der Waals surface area contributed by atoms with Gasteiger partial charge in [0.15, 0.2) is 0 Å². The maximum atomic E-state index is 13.4. The Hall–Kier alpha value is -3.27. The van der Waals surface area contributed by atoms with E-state index < -0.39 is 16.1 Å². The minimum Gasteiger partial charge on any atom is -0.497 e. The van der Waals surface area contributed by atoms with Gasteiger partial charge in [0.25, 0.3) is 0 Å². The number of hydrogen-bond acceptors (Lipinski definition) is 6. The monoisotopic (exact) mass is 545 g/mol. The van der Waals surface area contributed by atoms with Crippen LogP contribution in [0.5, 0.6) is 11.5 Å². The minimum atomic E-state index is -3.56. The summed E-state index contributed by atoms with van der Waals surface area (Å²) < 4.78 is 36.6. The quantitative estimate of drug-likeness (QED) is 0.411. The lowest BCUT2D eigenvalue weighted by Gasteiger charge is -2.30. The van der Waals surface area contributed by atoms with E-state index in [4.69, 9.17) is 9.47 Å². The van der Waals surface area contributed by atoms with Gasteiger partial charge in [-0.05, 0) is 68.1 Å². The van der Waals surface area contributed by atoms with Crippen molar-refractivity contribution in [1.82, 2.24) is 10.2 Å². The number of ether oxygens (including phenoxy) is 2. The number of rotatable bonds is 13. The molecular weight excluding hydrogens is 506 g/mol. The highest BCUT2D eigenvalue weighted by Gasteiger charge is 2.28. The van der Waals surface area contributed by atoms with Crippen molar-refractivity contribution < 1.29 is 27.5 Å². The van der Waals surface area contributed by atoms with Crippen LogP contribution >= 0.6 is 0 Å². The van der Waals surface area contributed by atoms with Crippen molar-refractivity contribution in [2.75, 3.05) is 31.3 Å². The van der Waals surface area contributed by atoms with Gasteiger partial charge in [-0.3, -0.25) is 13.9 Å². The van der Waals surface area contributed by atoms with Gasteiger partial charge in [0.2, 0.25) is 21.8 Å². The molecule has 38 heavy (non-hydrogen) atoms. The highest BCUT2D eigenvalue weighted by atomic mass is 32.2. The molecule has 0 radical (unpaired) electrons. The van der Waals surface area contributed by atoms with Gasteiger partial charge in [-0.25, -0.2) is 8.42 Å². The number of carbonyl (C=O) groups is 2. The van der Waals surface area contributed by atoms with Gasteiger partial charge in [-0.1, -0.05) is 25.0 Å². The number of anilines is 1. The molecule has 0 aliphatic heterocycles. The van der Waals surface area contributed by atoms with E-state index in [-0.39, 0.29) is 37.4 Å². The van der Waals surface area contributed by atoms with Crippen molar-refractivity contribution in [3.63, 3.8) is 0 Å². The zero-order chi connectivity index (χ0) is 27.7. The van der Waals surface area contributed by atoms with Crippen LogP contribution in [0.4, 0.5) is 5.69 Å². The Bertz CT molecular complexity index is 1160. The Morgan fingerprint density at radius 1 is 0.974 bits per heavy atom. The van der Waals surface area contributed by atoms with E-state index in [1.165, 1.54) is 4.31 Å². The van der Waals surface area contributed by atoms with Gasteiger partial charge in [0.05, 0.1) is 26.2 Å². The Morgan fingerprint density at radius 3 is 2.05 bits per heavy atom. The summed E-state index contributed by atoms with van der Waals surface area (Å²) >= 11 is 0. The van der Waals surface area contributed by atoms with Crippen LogP contribution in [0.15, 0.2) is 48.5 Å². The van der Waals surface area contributed by atoms with Gasteiger partial charge in [-0.15, -0.1) is 0 Å². The highest BCUT2D eigenvalue weighted by Crippen LogP contribution is 2.23. The van der Waals surface area contributed by atoms with E-state index in [9.17, 15) is 18.0 Å². The first-order valence-corrected chi connectivity index (χ1v) is 14.8. The lowest BCUT2D eigenvalue weighted by atomic mass is 10.1. The molecular formula is C28H39N3O6S. The summed E-state index contributed by atoms with van der Waals surface area (Å²) in [6, 6.07) is 13.6. The second kappa shape index (κ2) is 13.5. The number of hydrogen-bond donors (Lipinski definition) is 1. The third-order valence-electron chi connectivity index (χ3n) is 6.89. The van der Waals surface area contributed by atoms with Gasteiger partial charge < -0.3 is 19.7 Å². The maximum Gasteiger partial charge on any atom is 0.242 e. The zero-order valence-electron chi connectivity index (χ0n) is 22.7. The first-order valence-electron chi connectivity index (χ1n) is 13.0. The molecule has 208 valence electrons. The van der Waals surface area contributed by atoms with Crippen LogP contribution in [-0.4, -0.2) is 64.2 Å². The molecule has 1 N–H and O–H groups in total. The Balaban J connectivity index is 1.71. The smallest absolute Gasteiger partial charge is 0.242 e. The fourth-order valence-corrected chi connectivity index (χ4v) is 5.62. The average Bonchev–Trinajstić information content (AvgIpc) is 3.42. The molecule has 1 aliphatic carbocycles. The average molecular weight is 546 g/mol. The molecule has 1 unspecified atom stereocenters. The van der Waals surface area contributed by atoms with E-state index in [2.05, 4.69) is 5.32 Å². The predicted molar refractivity (Wildman–Crippen MR) is 148 cm³/mol. The van der Waals surface area contributed by atoms with Crippen molar-refractivity contribution in [2.45, 2.75) is 64.1 Å². The topological polar surface area (TPSA) is 105 Å². The number of nitrogens with one attached hydrogen (secondary N) is 1. The Kier molecular flexibility index (Phi) is 10.4. The van der Waals surface area contributed by atoms with Gasteiger partial charge >= 0.3 is 0 Å². The molecule has 2 amide bonds. The summed E-state index contributed by atoms with van der Waals surface area (Å²) in [5, 5.41) is 3.09. The standard InChI is InChI=1S/C28H39N3O6S/c1-21(28(33)29-23-8-5-6-9-23)30(20-22-11-15-25(36-2)16-12-22)27(32)10-7-19-31(38(4,34)35)24-13-17-26(37-3)18-14-24/h11-18,21,23H,5-10,19-20H2,1-4H3,(H,29,33). The predicted octanol–water partition coefficient (Wildman–Crippen LogP) is 3.73. The van der Waals surface area contributed by atoms with Crippen LogP contribution < -0.4 is 19.1 Å². The van der Waals surface area contributed by atoms with Gasteiger partial charge in [-0.2, -0.15) is 0 Å². The summed E-state index contributed by atoms with van der Waals surface area (Å²) in [7, 11) is -0.430. The molecule has 2 aromatic carbocycles. The molecule has 0 bridgehead atoms. The summed E-state index contributed by atoms with van der Waals surface area (Å²) in [6.45, 7) is 2.14. The molecule has 0 saturated heterocycles. The van der Waals surface area contributed by atoms with Crippen molar-refractivity contribution >= 4 is 27.5 Å². The van der Waals surface area contributed by atoms with Crippen molar-refractivity contribution in [2.24, 2.45) is 0 Å². The lowest BCUT2D eigenvalue weighted by molar-refractivity contribution is -0.141. The van der Waals surface area contributed by atoms with Gasteiger partial charge in [0.1, 0.15) is 17.5 Å². The van der Waals surface area contributed by atoms with Crippen LogP contribution in [0.2, 0.25) is 0 Å². The van der Waals surface area contributed by atoms with E-state index in [0.29, 0.717) is 23.6 Å². The highest BCUT2D eigenvalue weighted by molar-refractivity contribution is 7.92. The Morgan fingerprint density at radius 2 is 1.53 bits per heavy atom. The van der Waals surface area contributed by atoms with Crippen LogP contribution in [0.1, 0.15) is 51.0 Å². The number of carbonyl (C=O) groups excluding carboxylic acids is 2. The number of sulfonamides is 1. The number of nitrogens with zero attached hydrogens (tertiary/aromatic N) is 2. The molecule has 1 saturated carbocycles. The normalized spacial score (nSPS) is 14.5. The van der Waals surface area contributed by atoms with Crippen molar-refractivity contribution in [3.8, 4) is 11.5 Å². The molecule has 1 aliphatic rings. The number of benzene rings is 2. The van der Waals surface area contributed by atoms with E-state index in [0.717, 1.165) is 37.5 Å². The number of amides is 2. The minimum absolute atomic E-state index is 0.0966. The number of methoxy groups -OCH3 is 2. The van der Waals surface area contributed by atoms with Crippen molar-refractivity contribution in [1.29, 1.82) is 0 Å². The first-order chi connectivity index (χ1) is 18.1. The Labute approximate surface area is 226 Å². The molecule has 1 atom stereocenters. The van der Waals surface area contributed by atoms with Crippen molar-refractivity contribution in [3.05, 3.63) is 54.1 Å². The first kappa shape index (κ1) is 29.3. The van der Waals surface area contributed by atoms with Crippen LogP contribution in [0.25, 0.3) is 0 Å². The van der Waals surface area contributed by atoms with Crippen LogP contribution in [-0.2, 0) is 26.2 Å². The van der Waals surface area contributed by atoms with Gasteiger partial charge in [0, 0.05) is 25.6 Å².